The summed E-state index contributed by atoms with van der Waals surface area (Å²) in [6.45, 7) is 3.08. The van der Waals surface area contributed by atoms with Gasteiger partial charge in [0.15, 0.2) is 0 Å². The third-order valence-corrected chi connectivity index (χ3v) is 6.38. The first-order valence-corrected chi connectivity index (χ1v) is 11.4. The fourth-order valence-corrected chi connectivity index (χ4v) is 4.50. The summed E-state index contributed by atoms with van der Waals surface area (Å²) in [7, 11) is 0. The highest BCUT2D eigenvalue weighted by Gasteiger charge is 2.34. The van der Waals surface area contributed by atoms with Crippen LogP contribution in [0.3, 0.4) is 0 Å². The maximum Gasteiger partial charge on any atom is 0.417 e. The van der Waals surface area contributed by atoms with E-state index < -0.39 is 11.7 Å². The quantitative estimate of drug-likeness (QED) is 0.667. The van der Waals surface area contributed by atoms with Crippen molar-refractivity contribution in [3.8, 4) is 6.07 Å². The number of carbonyl (C=O) groups excluding carboxylic acids is 1. The minimum atomic E-state index is -4.58. The molecule has 1 aliphatic carbocycles. The predicted octanol–water partition coefficient (Wildman–Crippen LogP) is 4.57. The number of nitrogens with zero attached hydrogens (tertiary/aromatic N) is 2. The first-order chi connectivity index (χ1) is 16.3. The van der Waals surface area contributed by atoms with Crippen LogP contribution < -0.4 is 15.5 Å². The van der Waals surface area contributed by atoms with E-state index in [4.69, 9.17) is 10.00 Å². The van der Waals surface area contributed by atoms with Crippen LogP contribution in [0.1, 0.15) is 47.2 Å². The number of carbonyl (C=O) groups is 1. The average molecular weight is 473 g/mol. The van der Waals surface area contributed by atoms with Gasteiger partial charge in [-0.1, -0.05) is 0 Å². The largest absolute Gasteiger partial charge is 0.417 e. The van der Waals surface area contributed by atoms with Crippen LogP contribution in [0.15, 0.2) is 42.5 Å². The van der Waals surface area contributed by atoms with Gasteiger partial charge < -0.3 is 20.3 Å². The van der Waals surface area contributed by atoms with Crippen LogP contribution >= 0.6 is 0 Å². The second-order valence-electron chi connectivity index (χ2n) is 8.68. The molecule has 0 aromatic heterocycles. The van der Waals surface area contributed by atoms with E-state index in [1.807, 2.05) is 24.3 Å². The molecule has 0 atom stereocenters. The van der Waals surface area contributed by atoms with E-state index in [1.54, 1.807) is 6.07 Å². The Balaban J connectivity index is 1.28. The van der Waals surface area contributed by atoms with E-state index >= 15 is 0 Å². The second-order valence-corrected chi connectivity index (χ2v) is 8.68. The van der Waals surface area contributed by atoms with Crippen molar-refractivity contribution >= 4 is 17.3 Å². The molecule has 1 heterocycles. The molecule has 0 spiro atoms. The van der Waals surface area contributed by atoms with Crippen LogP contribution in [-0.2, 0) is 10.9 Å². The molecule has 2 aromatic rings. The van der Waals surface area contributed by atoms with Gasteiger partial charge in [0.1, 0.15) is 0 Å². The van der Waals surface area contributed by atoms with Crippen molar-refractivity contribution in [2.24, 2.45) is 0 Å². The zero-order valence-electron chi connectivity index (χ0n) is 18.7. The molecule has 6 nitrogen and oxygen atoms in total. The number of morpholine rings is 1. The molecule has 180 valence electrons. The van der Waals surface area contributed by atoms with E-state index in [9.17, 15) is 18.0 Å². The first-order valence-electron chi connectivity index (χ1n) is 11.4. The van der Waals surface area contributed by atoms with Crippen LogP contribution in [0.2, 0.25) is 0 Å². The van der Waals surface area contributed by atoms with Crippen molar-refractivity contribution in [2.45, 2.75) is 43.9 Å². The minimum absolute atomic E-state index is 0.00924. The zero-order valence-corrected chi connectivity index (χ0v) is 18.7. The molecule has 1 amide bonds. The Hall–Kier alpha value is -3.25. The Morgan fingerprint density at radius 1 is 1.00 bits per heavy atom. The van der Waals surface area contributed by atoms with Gasteiger partial charge in [-0.3, -0.25) is 4.79 Å². The van der Waals surface area contributed by atoms with Crippen molar-refractivity contribution in [1.82, 2.24) is 5.32 Å². The molecule has 1 aliphatic heterocycles. The molecule has 0 radical (unpaired) electrons. The summed E-state index contributed by atoms with van der Waals surface area (Å²) in [6.07, 6.45) is -1.66. The highest BCUT2D eigenvalue weighted by atomic mass is 19.4. The standard InChI is InChI=1S/C25H27F3N4O2/c26-25(27,28)23-15-21(4-1-18(23)16-29)30-19-5-7-20(8-6-19)31-24(33)17-2-9-22(10-3-17)32-11-13-34-14-12-32/h1-4,9-10,15,19-20,30H,5-8,11-14H2,(H,31,33). The SMILES string of the molecule is N#Cc1ccc(NC2CCC(NC(=O)c3ccc(N4CCOCC4)cc3)CC2)cc1C(F)(F)F. The van der Waals surface area contributed by atoms with Gasteiger partial charge in [-0.25, -0.2) is 0 Å². The number of alkyl halides is 3. The van der Waals surface area contributed by atoms with Crippen LogP contribution in [0.5, 0.6) is 0 Å². The van der Waals surface area contributed by atoms with Gasteiger partial charge in [-0.15, -0.1) is 0 Å². The minimum Gasteiger partial charge on any atom is -0.382 e. The van der Waals surface area contributed by atoms with Gasteiger partial charge in [0.25, 0.3) is 5.91 Å². The van der Waals surface area contributed by atoms with Gasteiger partial charge in [0, 0.05) is 42.1 Å². The Labute approximate surface area is 196 Å². The van der Waals surface area contributed by atoms with Gasteiger partial charge in [-0.05, 0) is 68.1 Å². The van der Waals surface area contributed by atoms with Crippen LogP contribution in [0.25, 0.3) is 0 Å². The smallest absolute Gasteiger partial charge is 0.382 e. The molecular weight excluding hydrogens is 445 g/mol. The summed E-state index contributed by atoms with van der Waals surface area (Å²) in [4.78, 5) is 14.9. The van der Waals surface area contributed by atoms with E-state index in [-0.39, 0.29) is 23.6 Å². The summed E-state index contributed by atoms with van der Waals surface area (Å²) in [5, 5.41) is 15.2. The van der Waals surface area contributed by atoms with Crippen molar-refractivity contribution in [2.75, 3.05) is 36.5 Å². The lowest BCUT2D eigenvalue weighted by molar-refractivity contribution is -0.137. The number of hydrogen-bond acceptors (Lipinski definition) is 5. The molecule has 2 aliphatic rings. The maximum absolute atomic E-state index is 13.2. The third kappa shape index (κ3) is 5.81. The second kappa shape index (κ2) is 10.3. The summed E-state index contributed by atoms with van der Waals surface area (Å²) in [6, 6.07) is 12.9. The number of rotatable bonds is 5. The fraction of sp³-hybridized carbons (Fsp3) is 0.440. The summed E-state index contributed by atoms with van der Waals surface area (Å²) < 4.78 is 45.0. The number of amides is 1. The Morgan fingerprint density at radius 2 is 1.65 bits per heavy atom. The molecule has 2 aromatic carbocycles. The summed E-state index contributed by atoms with van der Waals surface area (Å²) in [5.41, 5.74) is 0.708. The van der Waals surface area contributed by atoms with E-state index in [1.165, 1.54) is 12.1 Å². The molecule has 34 heavy (non-hydrogen) atoms. The molecule has 9 heteroatoms. The summed E-state index contributed by atoms with van der Waals surface area (Å²) >= 11 is 0. The Bertz CT molecular complexity index is 1040. The number of nitriles is 1. The zero-order chi connectivity index (χ0) is 24.1. The molecular formula is C25H27F3N4O2. The number of benzene rings is 2. The lowest BCUT2D eigenvalue weighted by Gasteiger charge is -2.30. The van der Waals surface area contributed by atoms with E-state index in [0.717, 1.165) is 50.5 Å². The topological polar surface area (TPSA) is 77.4 Å². The fourth-order valence-electron chi connectivity index (χ4n) is 4.50. The lowest BCUT2D eigenvalue weighted by atomic mass is 9.90. The lowest BCUT2D eigenvalue weighted by Crippen LogP contribution is -2.40. The van der Waals surface area contributed by atoms with Crippen LogP contribution in [0.4, 0.5) is 24.5 Å². The van der Waals surface area contributed by atoms with Gasteiger partial charge in [-0.2, -0.15) is 18.4 Å². The molecule has 2 fully saturated rings. The number of anilines is 2. The number of halogens is 3. The number of nitrogens with one attached hydrogen (secondary N) is 2. The molecule has 1 saturated carbocycles. The predicted molar refractivity (Wildman–Crippen MR) is 123 cm³/mol. The van der Waals surface area contributed by atoms with Crippen molar-refractivity contribution in [1.29, 1.82) is 5.26 Å². The monoisotopic (exact) mass is 472 g/mol. The van der Waals surface area contributed by atoms with Crippen molar-refractivity contribution in [3.63, 3.8) is 0 Å². The first kappa shape index (κ1) is 23.9. The number of hydrogen-bond donors (Lipinski definition) is 2. The molecule has 0 bridgehead atoms. The average Bonchev–Trinajstić information content (AvgIpc) is 2.85. The third-order valence-electron chi connectivity index (χ3n) is 6.38. The molecule has 4 rings (SSSR count). The van der Waals surface area contributed by atoms with E-state index in [2.05, 4.69) is 15.5 Å². The van der Waals surface area contributed by atoms with Crippen molar-refractivity contribution in [3.05, 3.63) is 59.2 Å². The Morgan fingerprint density at radius 3 is 2.26 bits per heavy atom. The number of ether oxygens (including phenoxy) is 1. The van der Waals surface area contributed by atoms with Crippen LogP contribution in [-0.4, -0.2) is 44.3 Å². The van der Waals surface area contributed by atoms with Crippen LogP contribution in [0, 0.1) is 11.3 Å². The Kier molecular flexibility index (Phi) is 7.27. The van der Waals surface area contributed by atoms with Gasteiger partial charge >= 0.3 is 6.18 Å². The highest BCUT2D eigenvalue weighted by molar-refractivity contribution is 5.94. The van der Waals surface area contributed by atoms with Gasteiger partial charge in [0.05, 0.1) is 30.4 Å². The van der Waals surface area contributed by atoms with E-state index in [0.29, 0.717) is 24.5 Å². The van der Waals surface area contributed by atoms with Gasteiger partial charge in [0.2, 0.25) is 0 Å². The highest BCUT2D eigenvalue weighted by Crippen LogP contribution is 2.34. The summed E-state index contributed by atoms with van der Waals surface area (Å²) in [5.74, 6) is -0.119. The maximum atomic E-state index is 13.2. The molecule has 2 N–H and O–H groups in total. The molecule has 0 unspecified atom stereocenters. The molecule has 1 saturated heterocycles. The normalized spacial score (nSPS) is 20.9. The van der Waals surface area contributed by atoms with Crippen molar-refractivity contribution < 1.29 is 22.7 Å².